The van der Waals surface area contributed by atoms with Gasteiger partial charge in [-0.25, -0.2) is 0 Å². The normalized spacial score (nSPS) is 17.4. The lowest BCUT2D eigenvalue weighted by molar-refractivity contribution is 0.0320. The first-order valence-electron chi connectivity index (χ1n) is 8.59. The maximum absolute atomic E-state index is 5.39. The van der Waals surface area contributed by atoms with Gasteiger partial charge in [0.1, 0.15) is 5.75 Å². The van der Waals surface area contributed by atoms with Crippen LogP contribution in [0.2, 0.25) is 0 Å². The second-order valence-corrected chi connectivity index (χ2v) is 6.17. The van der Waals surface area contributed by atoms with Gasteiger partial charge in [0.15, 0.2) is 5.96 Å². The van der Waals surface area contributed by atoms with Crippen molar-refractivity contribution >= 4 is 5.96 Å². The molecule has 1 fully saturated rings. The quantitative estimate of drug-likeness (QED) is 0.582. The fourth-order valence-electron chi connectivity index (χ4n) is 2.71. The number of benzene rings is 1. The van der Waals surface area contributed by atoms with E-state index in [2.05, 4.69) is 39.6 Å². The minimum absolute atomic E-state index is 0.558. The molecule has 0 bridgehead atoms. The molecule has 6 heteroatoms. The van der Waals surface area contributed by atoms with Gasteiger partial charge in [0.2, 0.25) is 0 Å². The van der Waals surface area contributed by atoms with Crippen molar-refractivity contribution in [2.24, 2.45) is 10.9 Å². The summed E-state index contributed by atoms with van der Waals surface area (Å²) in [7, 11) is 3.48. The zero-order valence-electron chi connectivity index (χ0n) is 15.0. The average molecular weight is 334 g/mol. The maximum atomic E-state index is 5.39. The molecule has 1 aliphatic heterocycles. The Balaban J connectivity index is 1.69. The largest absolute Gasteiger partial charge is 0.497 e. The highest BCUT2D eigenvalue weighted by molar-refractivity contribution is 5.79. The van der Waals surface area contributed by atoms with Gasteiger partial charge in [-0.2, -0.15) is 0 Å². The van der Waals surface area contributed by atoms with Gasteiger partial charge in [-0.15, -0.1) is 0 Å². The smallest absolute Gasteiger partial charge is 0.191 e. The molecule has 1 heterocycles. The third-order valence-electron chi connectivity index (χ3n) is 4.13. The number of hydrogen-bond donors (Lipinski definition) is 2. The average Bonchev–Trinajstić information content (AvgIpc) is 2.63. The third kappa shape index (κ3) is 6.37. The summed E-state index contributed by atoms with van der Waals surface area (Å²) >= 11 is 0. The molecule has 24 heavy (non-hydrogen) atoms. The van der Waals surface area contributed by atoms with Gasteiger partial charge in [-0.05, 0) is 23.6 Å². The lowest BCUT2D eigenvalue weighted by Gasteiger charge is -2.29. The van der Waals surface area contributed by atoms with E-state index in [1.807, 2.05) is 12.1 Å². The number of nitrogens with one attached hydrogen (secondary N) is 2. The summed E-state index contributed by atoms with van der Waals surface area (Å²) in [5.41, 5.74) is 1.19. The monoisotopic (exact) mass is 334 g/mol. The van der Waals surface area contributed by atoms with E-state index in [1.165, 1.54) is 5.56 Å². The van der Waals surface area contributed by atoms with Crippen molar-refractivity contribution in [3.63, 3.8) is 0 Å². The number of nitrogens with zero attached hydrogens (tertiary/aromatic N) is 2. The van der Waals surface area contributed by atoms with Gasteiger partial charge >= 0.3 is 0 Å². The highest BCUT2D eigenvalue weighted by Crippen LogP contribution is 2.10. The summed E-state index contributed by atoms with van der Waals surface area (Å²) in [5.74, 6) is 2.26. The van der Waals surface area contributed by atoms with Crippen LogP contribution in [0.1, 0.15) is 12.5 Å². The summed E-state index contributed by atoms with van der Waals surface area (Å²) in [5, 5.41) is 6.75. The fourth-order valence-corrected chi connectivity index (χ4v) is 2.71. The first-order chi connectivity index (χ1) is 11.7. The third-order valence-corrected chi connectivity index (χ3v) is 4.13. The molecule has 1 atom stereocenters. The molecule has 0 spiro atoms. The van der Waals surface area contributed by atoms with Crippen LogP contribution in [0, 0.1) is 5.92 Å². The Kier molecular flexibility index (Phi) is 7.85. The number of morpholine rings is 1. The molecule has 134 valence electrons. The van der Waals surface area contributed by atoms with E-state index in [4.69, 9.17) is 9.47 Å². The Hall–Kier alpha value is -1.79. The van der Waals surface area contributed by atoms with Gasteiger partial charge in [0.25, 0.3) is 0 Å². The van der Waals surface area contributed by atoms with E-state index in [1.54, 1.807) is 14.2 Å². The van der Waals surface area contributed by atoms with E-state index < -0.39 is 0 Å². The lowest BCUT2D eigenvalue weighted by atomic mass is 10.1. The molecule has 1 aliphatic rings. The van der Waals surface area contributed by atoms with Crippen molar-refractivity contribution < 1.29 is 9.47 Å². The number of ether oxygens (including phenoxy) is 2. The van der Waals surface area contributed by atoms with Crippen LogP contribution < -0.4 is 15.4 Å². The van der Waals surface area contributed by atoms with Crippen molar-refractivity contribution in [2.45, 2.75) is 13.5 Å². The van der Waals surface area contributed by atoms with Crippen LogP contribution in [-0.4, -0.2) is 64.4 Å². The van der Waals surface area contributed by atoms with E-state index in [9.17, 15) is 0 Å². The standard InChI is InChI=1S/C18H30N4O2/c1-15(14-22-8-10-24-11-9-22)12-20-18(19-2)21-13-16-4-6-17(23-3)7-5-16/h4-7,15H,8-14H2,1-3H3,(H2,19,20,21). The van der Waals surface area contributed by atoms with Crippen molar-refractivity contribution in [3.05, 3.63) is 29.8 Å². The SMILES string of the molecule is CN=C(NCc1ccc(OC)cc1)NCC(C)CN1CCOCC1. The highest BCUT2D eigenvalue weighted by Gasteiger charge is 2.13. The molecule has 1 saturated heterocycles. The summed E-state index contributed by atoms with van der Waals surface area (Å²) in [6, 6.07) is 8.05. The molecule has 0 aliphatic carbocycles. The Morgan fingerprint density at radius 1 is 1.25 bits per heavy atom. The summed E-state index contributed by atoms with van der Waals surface area (Å²) in [6.45, 7) is 8.77. The second-order valence-electron chi connectivity index (χ2n) is 6.17. The van der Waals surface area contributed by atoms with Gasteiger partial charge in [-0.1, -0.05) is 19.1 Å². The second kappa shape index (κ2) is 10.2. The Labute approximate surface area is 145 Å². The maximum Gasteiger partial charge on any atom is 0.191 e. The van der Waals surface area contributed by atoms with Crippen LogP contribution in [0.4, 0.5) is 0 Å². The number of guanidine groups is 1. The van der Waals surface area contributed by atoms with Crippen LogP contribution in [0.3, 0.4) is 0 Å². The van der Waals surface area contributed by atoms with Crippen molar-refractivity contribution in [1.82, 2.24) is 15.5 Å². The molecule has 1 aromatic carbocycles. The summed E-state index contributed by atoms with van der Waals surface area (Å²) < 4.78 is 10.6. The van der Waals surface area contributed by atoms with E-state index in [0.29, 0.717) is 5.92 Å². The minimum Gasteiger partial charge on any atom is -0.497 e. The lowest BCUT2D eigenvalue weighted by Crippen LogP contribution is -2.43. The van der Waals surface area contributed by atoms with Gasteiger partial charge in [0, 0.05) is 39.8 Å². The Morgan fingerprint density at radius 3 is 2.58 bits per heavy atom. The molecule has 0 amide bonds. The van der Waals surface area contributed by atoms with Crippen LogP contribution >= 0.6 is 0 Å². The zero-order chi connectivity index (χ0) is 17.2. The molecule has 0 saturated carbocycles. The molecular formula is C18H30N4O2. The predicted octanol–water partition coefficient (Wildman–Crippen LogP) is 1.33. The minimum atomic E-state index is 0.558. The van der Waals surface area contributed by atoms with E-state index in [0.717, 1.165) is 57.6 Å². The zero-order valence-corrected chi connectivity index (χ0v) is 15.0. The van der Waals surface area contributed by atoms with Crippen LogP contribution in [0.25, 0.3) is 0 Å². The van der Waals surface area contributed by atoms with Gasteiger partial charge in [-0.3, -0.25) is 9.89 Å². The van der Waals surface area contributed by atoms with Crippen LogP contribution in [0.5, 0.6) is 5.75 Å². The Bertz CT molecular complexity index is 498. The van der Waals surface area contributed by atoms with E-state index >= 15 is 0 Å². The van der Waals surface area contributed by atoms with Crippen molar-refractivity contribution in [2.75, 3.05) is 53.6 Å². The number of aliphatic imine (C=N–C) groups is 1. The first kappa shape index (κ1) is 18.5. The van der Waals surface area contributed by atoms with Gasteiger partial charge < -0.3 is 20.1 Å². The molecule has 6 nitrogen and oxygen atoms in total. The number of hydrogen-bond acceptors (Lipinski definition) is 4. The topological polar surface area (TPSA) is 58.1 Å². The molecule has 1 unspecified atom stereocenters. The summed E-state index contributed by atoms with van der Waals surface area (Å²) in [4.78, 5) is 6.75. The first-order valence-corrected chi connectivity index (χ1v) is 8.59. The highest BCUT2D eigenvalue weighted by atomic mass is 16.5. The molecular weight excluding hydrogens is 304 g/mol. The molecule has 2 N–H and O–H groups in total. The van der Waals surface area contributed by atoms with Crippen molar-refractivity contribution in [1.29, 1.82) is 0 Å². The molecule has 0 radical (unpaired) electrons. The predicted molar refractivity (Wildman–Crippen MR) is 97.6 cm³/mol. The molecule has 1 aromatic rings. The number of rotatable bonds is 7. The summed E-state index contributed by atoms with van der Waals surface area (Å²) in [6.07, 6.45) is 0. The molecule has 0 aromatic heterocycles. The number of methoxy groups -OCH3 is 1. The van der Waals surface area contributed by atoms with Gasteiger partial charge in [0.05, 0.1) is 20.3 Å². The Morgan fingerprint density at radius 2 is 1.96 bits per heavy atom. The van der Waals surface area contributed by atoms with Crippen LogP contribution in [-0.2, 0) is 11.3 Å². The molecule has 2 rings (SSSR count). The van der Waals surface area contributed by atoms with Crippen LogP contribution in [0.15, 0.2) is 29.3 Å². The van der Waals surface area contributed by atoms with Crippen molar-refractivity contribution in [3.8, 4) is 5.75 Å². The van der Waals surface area contributed by atoms with E-state index in [-0.39, 0.29) is 0 Å². The fraction of sp³-hybridized carbons (Fsp3) is 0.611.